The van der Waals surface area contributed by atoms with Crippen molar-refractivity contribution in [2.24, 2.45) is 0 Å². The molecule has 0 aromatic heterocycles. The van der Waals surface area contributed by atoms with Crippen LogP contribution in [-0.4, -0.2) is 26.2 Å². The predicted molar refractivity (Wildman–Crippen MR) is 73.6 cm³/mol. The summed E-state index contributed by atoms with van der Waals surface area (Å²) in [5.74, 6) is 0.382. The summed E-state index contributed by atoms with van der Waals surface area (Å²) in [7, 11) is 3.00. The molecule has 6 nitrogen and oxygen atoms in total. The third kappa shape index (κ3) is 4.17. The van der Waals surface area contributed by atoms with E-state index in [0.717, 1.165) is 18.4 Å². The van der Waals surface area contributed by atoms with Gasteiger partial charge in [-0.1, -0.05) is 25.5 Å². The summed E-state index contributed by atoms with van der Waals surface area (Å²) >= 11 is 0. The van der Waals surface area contributed by atoms with Crippen LogP contribution in [0.5, 0.6) is 5.75 Å². The fraction of sp³-hybridized carbons (Fsp3) is 0.385. The maximum atomic E-state index is 11.4. The highest BCUT2D eigenvalue weighted by Crippen LogP contribution is 2.30. The SMILES string of the molecule is CCCc1cccc(NC(=O)NC)c1OC(=O)NC. The van der Waals surface area contributed by atoms with E-state index >= 15 is 0 Å². The number of anilines is 1. The van der Waals surface area contributed by atoms with Crippen LogP contribution in [-0.2, 0) is 6.42 Å². The second-order valence-corrected chi connectivity index (χ2v) is 3.89. The van der Waals surface area contributed by atoms with Crippen molar-refractivity contribution in [3.63, 3.8) is 0 Å². The van der Waals surface area contributed by atoms with Crippen molar-refractivity contribution in [2.75, 3.05) is 19.4 Å². The quantitative estimate of drug-likeness (QED) is 0.780. The molecule has 1 aromatic carbocycles. The van der Waals surface area contributed by atoms with Crippen molar-refractivity contribution in [2.45, 2.75) is 19.8 Å². The largest absolute Gasteiger partial charge is 0.412 e. The van der Waals surface area contributed by atoms with E-state index in [0.29, 0.717) is 11.4 Å². The molecular weight excluding hydrogens is 246 g/mol. The van der Waals surface area contributed by atoms with Gasteiger partial charge in [0.05, 0.1) is 5.69 Å². The van der Waals surface area contributed by atoms with Crippen LogP contribution in [0.3, 0.4) is 0 Å². The van der Waals surface area contributed by atoms with E-state index in [1.807, 2.05) is 19.1 Å². The number of carbonyl (C=O) groups is 2. The van der Waals surface area contributed by atoms with E-state index in [1.54, 1.807) is 6.07 Å². The molecule has 0 unspecified atom stereocenters. The number of carbonyl (C=O) groups excluding carboxylic acids is 2. The summed E-state index contributed by atoms with van der Waals surface area (Å²) in [6.45, 7) is 2.03. The Labute approximate surface area is 112 Å². The van der Waals surface area contributed by atoms with Gasteiger partial charge in [-0.2, -0.15) is 0 Å². The Hall–Kier alpha value is -2.24. The van der Waals surface area contributed by atoms with Crippen molar-refractivity contribution in [3.05, 3.63) is 23.8 Å². The van der Waals surface area contributed by atoms with E-state index < -0.39 is 6.09 Å². The number of para-hydroxylation sites is 1. The molecule has 0 spiro atoms. The molecule has 3 amide bonds. The fourth-order valence-corrected chi connectivity index (χ4v) is 1.60. The highest BCUT2D eigenvalue weighted by molar-refractivity contribution is 5.91. The molecule has 104 valence electrons. The second-order valence-electron chi connectivity index (χ2n) is 3.89. The maximum absolute atomic E-state index is 11.4. The number of hydrogen-bond donors (Lipinski definition) is 3. The molecule has 0 aliphatic rings. The number of nitrogens with one attached hydrogen (secondary N) is 3. The smallest absolute Gasteiger partial charge is 0.408 e. The molecule has 0 atom stereocenters. The molecule has 0 aliphatic carbocycles. The first-order chi connectivity index (χ1) is 9.12. The molecule has 1 aromatic rings. The van der Waals surface area contributed by atoms with Gasteiger partial charge in [0.1, 0.15) is 0 Å². The molecule has 0 fully saturated rings. The Morgan fingerprint density at radius 2 is 1.95 bits per heavy atom. The van der Waals surface area contributed by atoms with Crippen molar-refractivity contribution in [1.82, 2.24) is 10.6 Å². The summed E-state index contributed by atoms with van der Waals surface area (Å²) in [6, 6.07) is 5.01. The van der Waals surface area contributed by atoms with Crippen LogP contribution in [0, 0.1) is 0 Å². The summed E-state index contributed by atoms with van der Waals surface area (Å²) in [5.41, 5.74) is 1.34. The monoisotopic (exact) mass is 265 g/mol. The lowest BCUT2D eigenvalue weighted by molar-refractivity contribution is 0.202. The van der Waals surface area contributed by atoms with E-state index in [2.05, 4.69) is 16.0 Å². The van der Waals surface area contributed by atoms with Gasteiger partial charge in [0.15, 0.2) is 5.75 Å². The van der Waals surface area contributed by atoms with Crippen molar-refractivity contribution < 1.29 is 14.3 Å². The van der Waals surface area contributed by atoms with Crippen molar-refractivity contribution >= 4 is 17.8 Å². The molecule has 0 saturated heterocycles. The molecule has 0 saturated carbocycles. The fourth-order valence-electron chi connectivity index (χ4n) is 1.60. The maximum Gasteiger partial charge on any atom is 0.412 e. The summed E-state index contributed by atoms with van der Waals surface area (Å²) < 4.78 is 5.23. The minimum Gasteiger partial charge on any atom is -0.408 e. The lowest BCUT2D eigenvalue weighted by atomic mass is 10.1. The van der Waals surface area contributed by atoms with Gasteiger partial charge in [0, 0.05) is 14.1 Å². The molecule has 0 aliphatic heterocycles. The summed E-state index contributed by atoms with van der Waals surface area (Å²) in [5, 5.41) is 7.47. The van der Waals surface area contributed by atoms with Crippen LogP contribution in [0.25, 0.3) is 0 Å². The highest BCUT2D eigenvalue weighted by atomic mass is 16.6. The van der Waals surface area contributed by atoms with Crippen LogP contribution in [0.4, 0.5) is 15.3 Å². The third-order valence-corrected chi connectivity index (χ3v) is 2.49. The van der Waals surface area contributed by atoms with E-state index in [-0.39, 0.29) is 6.03 Å². The Morgan fingerprint density at radius 1 is 1.21 bits per heavy atom. The van der Waals surface area contributed by atoms with Gasteiger partial charge in [0.2, 0.25) is 0 Å². The lowest BCUT2D eigenvalue weighted by Gasteiger charge is -2.14. The molecule has 3 N–H and O–H groups in total. The Balaban J connectivity index is 3.09. The summed E-state index contributed by atoms with van der Waals surface area (Å²) in [6.07, 6.45) is 1.10. The predicted octanol–water partition coefficient (Wildman–Crippen LogP) is 2.11. The van der Waals surface area contributed by atoms with E-state index in [9.17, 15) is 9.59 Å². The van der Waals surface area contributed by atoms with Gasteiger partial charge in [0.25, 0.3) is 0 Å². The normalized spacial score (nSPS) is 9.63. The number of amides is 3. The van der Waals surface area contributed by atoms with Gasteiger partial charge in [-0.15, -0.1) is 0 Å². The van der Waals surface area contributed by atoms with Gasteiger partial charge in [-0.25, -0.2) is 9.59 Å². The molecule has 0 heterocycles. The summed E-state index contributed by atoms with van der Waals surface area (Å²) in [4.78, 5) is 22.8. The topological polar surface area (TPSA) is 79.5 Å². The first-order valence-corrected chi connectivity index (χ1v) is 6.12. The third-order valence-electron chi connectivity index (χ3n) is 2.49. The Kier molecular flexibility index (Phi) is 5.66. The minimum atomic E-state index is -0.566. The zero-order chi connectivity index (χ0) is 14.3. The van der Waals surface area contributed by atoms with Crippen LogP contribution >= 0.6 is 0 Å². The number of aryl methyl sites for hydroxylation is 1. The number of hydrogen-bond acceptors (Lipinski definition) is 3. The van der Waals surface area contributed by atoms with Gasteiger partial charge < -0.3 is 20.7 Å². The first-order valence-electron chi connectivity index (χ1n) is 6.12. The van der Waals surface area contributed by atoms with E-state index in [1.165, 1.54) is 14.1 Å². The van der Waals surface area contributed by atoms with Crippen molar-refractivity contribution in [1.29, 1.82) is 0 Å². The van der Waals surface area contributed by atoms with Crippen LogP contribution in [0.15, 0.2) is 18.2 Å². The Morgan fingerprint density at radius 3 is 2.53 bits per heavy atom. The number of urea groups is 1. The minimum absolute atomic E-state index is 0.365. The molecule has 6 heteroatoms. The Bertz CT molecular complexity index is 460. The number of benzene rings is 1. The zero-order valence-electron chi connectivity index (χ0n) is 11.4. The second kappa shape index (κ2) is 7.25. The molecule has 19 heavy (non-hydrogen) atoms. The average Bonchev–Trinajstić information content (AvgIpc) is 2.42. The average molecular weight is 265 g/mol. The number of ether oxygens (including phenoxy) is 1. The lowest BCUT2D eigenvalue weighted by Crippen LogP contribution is -2.27. The zero-order valence-corrected chi connectivity index (χ0v) is 11.4. The van der Waals surface area contributed by atoms with Gasteiger partial charge in [-0.05, 0) is 18.1 Å². The van der Waals surface area contributed by atoms with Crippen molar-refractivity contribution in [3.8, 4) is 5.75 Å². The van der Waals surface area contributed by atoms with Crippen LogP contribution in [0.2, 0.25) is 0 Å². The molecule has 1 rings (SSSR count). The van der Waals surface area contributed by atoms with E-state index in [4.69, 9.17) is 4.74 Å². The number of rotatable bonds is 4. The molecular formula is C13H19N3O3. The van der Waals surface area contributed by atoms with Gasteiger partial charge >= 0.3 is 12.1 Å². The van der Waals surface area contributed by atoms with Crippen LogP contribution < -0.4 is 20.7 Å². The molecule has 0 bridgehead atoms. The first kappa shape index (κ1) is 14.8. The van der Waals surface area contributed by atoms with Gasteiger partial charge in [-0.3, -0.25) is 0 Å². The molecule has 0 radical (unpaired) electrons. The van der Waals surface area contributed by atoms with Crippen LogP contribution in [0.1, 0.15) is 18.9 Å². The highest BCUT2D eigenvalue weighted by Gasteiger charge is 2.14. The standard InChI is InChI=1S/C13H19N3O3/c1-4-6-9-7-5-8-10(16-12(17)14-2)11(9)19-13(18)15-3/h5,7-8H,4,6H2,1-3H3,(H,15,18)(H2,14,16,17).